The van der Waals surface area contributed by atoms with Crippen LogP contribution in [0, 0.1) is 10.1 Å². The zero-order chi connectivity index (χ0) is 14.4. The molecule has 0 radical (unpaired) electrons. The van der Waals surface area contributed by atoms with E-state index in [1.165, 1.54) is 12.3 Å². The highest BCUT2D eigenvalue weighted by Crippen LogP contribution is 2.20. The maximum absolute atomic E-state index is 12.0. The molecule has 0 aliphatic rings. The van der Waals surface area contributed by atoms with Crippen molar-refractivity contribution in [1.29, 1.82) is 0 Å². The van der Waals surface area contributed by atoms with Gasteiger partial charge in [-0.3, -0.25) is 14.9 Å². The number of hydrogen-bond acceptors (Lipinski definition) is 4. The number of amides is 1. The van der Waals surface area contributed by atoms with Gasteiger partial charge in [-0.1, -0.05) is 0 Å². The molecule has 2 N–H and O–H groups in total. The van der Waals surface area contributed by atoms with Crippen LogP contribution in [0.1, 0.15) is 36.8 Å². The summed E-state index contributed by atoms with van der Waals surface area (Å²) in [6, 6.07) is 1.31. The predicted octanol–water partition coefficient (Wildman–Crippen LogP) is 1.32. The highest BCUT2D eigenvalue weighted by atomic mass is 16.6. The SMILES string of the molecule is CNCCCNC(=O)c1cc([N+](=O)[O-])cn1C(C)C. The number of hydrogen-bond donors (Lipinski definition) is 2. The van der Waals surface area contributed by atoms with Crippen LogP contribution >= 0.6 is 0 Å². The van der Waals surface area contributed by atoms with Crippen LogP contribution in [-0.4, -0.2) is 35.5 Å². The first-order valence-electron chi connectivity index (χ1n) is 6.26. The topological polar surface area (TPSA) is 89.2 Å². The molecule has 1 aromatic rings. The zero-order valence-corrected chi connectivity index (χ0v) is 11.5. The van der Waals surface area contributed by atoms with E-state index in [4.69, 9.17) is 0 Å². The molecule has 0 unspecified atom stereocenters. The molecular weight excluding hydrogens is 248 g/mol. The summed E-state index contributed by atoms with van der Waals surface area (Å²) in [5, 5.41) is 16.5. The first kappa shape index (κ1) is 15.2. The van der Waals surface area contributed by atoms with E-state index < -0.39 is 4.92 Å². The van der Waals surface area contributed by atoms with Crippen molar-refractivity contribution in [3.63, 3.8) is 0 Å². The molecule has 106 valence electrons. The molecule has 19 heavy (non-hydrogen) atoms. The van der Waals surface area contributed by atoms with Gasteiger partial charge in [0.25, 0.3) is 11.6 Å². The summed E-state index contributed by atoms with van der Waals surface area (Å²) in [6.45, 7) is 5.10. The van der Waals surface area contributed by atoms with E-state index in [-0.39, 0.29) is 17.6 Å². The van der Waals surface area contributed by atoms with Crippen LogP contribution in [0.3, 0.4) is 0 Å². The molecule has 0 fully saturated rings. The second kappa shape index (κ2) is 6.89. The van der Waals surface area contributed by atoms with Gasteiger partial charge in [0.05, 0.1) is 11.1 Å². The lowest BCUT2D eigenvalue weighted by molar-refractivity contribution is -0.384. The minimum absolute atomic E-state index is 0.00763. The Balaban J connectivity index is 2.80. The second-order valence-electron chi connectivity index (χ2n) is 4.55. The number of nitro groups is 1. The first-order valence-corrected chi connectivity index (χ1v) is 6.26. The molecule has 0 bridgehead atoms. The van der Waals surface area contributed by atoms with Gasteiger partial charge in [-0.2, -0.15) is 0 Å². The Bertz CT molecular complexity index is 454. The second-order valence-corrected chi connectivity index (χ2v) is 4.55. The van der Waals surface area contributed by atoms with Crippen LogP contribution < -0.4 is 10.6 Å². The lowest BCUT2D eigenvalue weighted by atomic mass is 10.3. The molecule has 1 amide bonds. The van der Waals surface area contributed by atoms with Crippen molar-refractivity contribution in [2.45, 2.75) is 26.3 Å². The minimum Gasteiger partial charge on any atom is -0.351 e. The molecule has 0 saturated carbocycles. The zero-order valence-electron chi connectivity index (χ0n) is 11.5. The quantitative estimate of drug-likeness (QED) is 0.443. The minimum atomic E-state index is -0.489. The van der Waals surface area contributed by atoms with Crippen molar-refractivity contribution in [3.05, 3.63) is 28.1 Å². The summed E-state index contributed by atoms with van der Waals surface area (Å²) >= 11 is 0. The standard InChI is InChI=1S/C12H20N4O3/c1-9(2)15-8-10(16(18)19)7-11(15)12(17)14-6-4-5-13-3/h7-9,13H,4-6H2,1-3H3,(H,14,17). The van der Waals surface area contributed by atoms with E-state index in [1.54, 1.807) is 4.57 Å². The third-order valence-corrected chi connectivity index (χ3v) is 2.72. The van der Waals surface area contributed by atoms with Gasteiger partial charge < -0.3 is 15.2 Å². The molecule has 0 aliphatic heterocycles. The molecule has 7 nitrogen and oxygen atoms in total. The van der Waals surface area contributed by atoms with Gasteiger partial charge in [0.1, 0.15) is 5.69 Å². The van der Waals surface area contributed by atoms with E-state index >= 15 is 0 Å². The van der Waals surface area contributed by atoms with Gasteiger partial charge >= 0.3 is 0 Å². The normalized spacial score (nSPS) is 10.7. The highest BCUT2D eigenvalue weighted by molar-refractivity contribution is 5.93. The van der Waals surface area contributed by atoms with Gasteiger partial charge in [-0.25, -0.2) is 0 Å². The first-order chi connectivity index (χ1) is 8.97. The number of carbonyl (C=O) groups excluding carboxylic acids is 1. The van der Waals surface area contributed by atoms with Crippen molar-refractivity contribution in [2.24, 2.45) is 0 Å². The van der Waals surface area contributed by atoms with E-state index in [0.717, 1.165) is 13.0 Å². The lowest BCUT2D eigenvalue weighted by Crippen LogP contribution is -2.28. The van der Waals surface area contributed by atoms with E-state index in [1.807, 2.05) is 20.9 Å². The molecule has 0 aromatic carbocycles. The lowest BCUT2D eigenvalue weighted by Gasteiger charge is -2.12. The molecule has 1 aromatic heterocycles. The molecule has 0 saturated heterocycles. The van der Waals surface area contributed by atoms with E-state index in [9.17, 15) is 14.9 Å². The summed E-state index contributed by atoms with van der Waals surface area (Å²) < 4.78 is 1.62. The van der Waals surface area contributed by atoms with Crippen LogP contribution in [0.15, 0.2) is 12.3 Å². The molecule has 1 heterocycles. The van der Waals surface area contributed by atoms with Gasteiger partial charge in [0, 0.05) is 18.7 Å². The van der Waals surface area contributed by atoms with Crippen LogP contribution in [0.25, 0.3) is 0 Å². The largest absolute Gasteiger partial charge is 0.351 e. The number of carbonyl (C=O) groups is 1. The Morgan fingerprint density at radius 1 is 1.47 bits per heavy atom. The van der Waals surface area contributed by atoms with E-state index in [0.29, 0.717) is 12.2 Å². The Morgan fingerprint density at radius 3 is 2.68 bits per heavy atom. The third kappa shape index (κ3) is 4.06. The summed E-state index contributed by atoms with van der Waals surface area (Å²) in [7, 11) is 1.84. The maximum Gasteiger partial charge on any atom is 0.287 e. The van der Waals surface area contributed by atoms with Crippen molar-refractivity contribution >= 4 is 11.6 Å². The van der Waals surface area contributed by atoms with Gasteiger partial charge in [0.2, 0.25) is 0 Å². The molecule has 0 aliphatic carbocycles. The smallest absolute Gasteiger partial charge is 0.287 e. The monoisotopic (exact) mass is 268 g/mol. The van der Waals surface area contributed by atoms with Crippen LogP contribution in [-0.2, 0) is 0 Å². The van der Waals surface area contributed by atoms with Crippen molar-refractivity contribution < 1.29 is 9.72 Å². The molecule has 0 atom stereocenters. The summed E-state index contributed by atoms with van der Waals surface area (Å²) in [5.41, 5.74) is 0.264. The van der Waals surface area contributed by atoms with Gasteiger partial charge in [-0.15, -0.1) is 0 Å². The summed E-state index contributed by atoms with van der Waals surface area (Å²) in [4.78, 5) is 22.3. The van der Waals surface area contributed by atoms with Crippen molar-refractivity contribution in [1.82, 2.24) is 15.2 Å². The summed E-state index contributed by atoms with van der Waals surface area (Å²) in [6.07, 6.45) is 2.21. The fraction of sp³-hybridized carbons (Fsp3) is 0.583. The molecule has 1 rings (SSSR count). The average molecular weight is 268 g/mol. The maximum atomic E-state index is 12.0. The Kier molecular flexibility index (Phi) is 5.50. The number of nitrogens with zero attached hydrogens (tertiary/aromatic N) is 2. The van der Waals surface area contributed by atoms with Crippen LogP contribution in [0.4, 0.5) is 5.69 Å². The van der Waals surface area contributed by atoms with Crippen LogP contribution in [0.5, 0.6) is 0 Å². The van der Waals surface area contributed by atoms with Crippen LogP contribution in [0.2, 0.25) is 0 Å². The van der Waals surface area contributed by atoms with Gasteiger partial charge in [-0.05, 0) is 33.9 Å². The average Bonchev–Trinajstić information content (AvgIpc) is 2.79. The third-order valence-electron chi connectivity index (χ3n) is 2.72. The van der Waals surface area contributed by atoms with Crippen molar-refractivity contribution in [2.75, 3.05) is 20.1 Å². The van der Waals surface area contributed by atoms with Crippen molar-refractivity contribution in [3.8, 4) is 0 Å². The molecular formula is C12H20N4O3. The fourth-order valence-corrected chi connectivity index (χ4v) is 1.73. The number of rotatable bonds is 7. The highest BCUT2D eigenvalue weighted by Gasteiger charge is 2.20. The Labute approximate surface area is 112 Å². The van der Waals surface area contributed by atoms with Gasteiger partial charge in [0.15, 0.2) is 0 Å². The molecule has 7 heteroatoms. The predicted molar refractivity (Wildman–Crippen MR) is 72.3 cm³/mol. The Morgan fingerprint density at radius 2 is 2.16 bits per heavy atom. The number of nitrogens with one attached hydrogen (secondary N) is 2. The number of aromatic nitrogens is 1. The van der Waals surface area contributed by atoms with E-state index in [2.05, 4.69) is 10.6 Å². The molecule has 0 spiro atoms. The summed E-state index contributed by atoms with van der Waals surface area (Å²) in [5.74, 6) is -0.280. The Hall–Kier alpha value is -1.89. The fourth-order valence-electron chi connectivity index (χ4n) is 1.73.